The van der Waals surface area contributed by atoms with Crippen LogP contribution in [0.2, 0.25) is 0 Å². The first-order chi connectivity index (χ1) is 14.2. The molecule has 0 spiro atoms. The number of aryl methyl sites for hydroxylation is 1. The number of hydrogen-bond donors (Lipinski definition) is 3. The number of hydrogen-bond acceptors (Lipinski definition) is 8. The first kappa shape index (κ1) is 21.7. The van der Waals surface area contributed by atoms with Crippen molar-refractivity contribution in [3.63, 3.8) is 0 Å². The Morgan fingerprint density at radius 3 is 2.67 bits per heavy atom. The smallest absolute Gasteiger partial charge is 0.342 e. The van der Waals surface area contributed by atoms with Crippen molar-refractivity contribution in [1.29, 1.82) is 0 Å². The molecule has 3 rings (SSSR count). The van der Waals surface area contributed by atoms with E-state index in [-0.39, 0.29) is 29.2 Å². The molecule has 2 aromatic rings. The summed E-state index contributed by atoms with van der Waals surface area (Å²) in [5.74, 6) is -2.00. The molecule has 30 heavy (non-hydrogen) atoms. The van der Waals surface area contributed by atoms with Gasteiger partial charge in [-0.15, -0.1) is 5.10 Å². The lowest BCUT2D eigenvalue weighted by molar-refractivity contribution is -0.127. The average Bonchev–Trinajstić information content (AvgIpc) is 3.12. The lowest BCUT2D eigenvalue weighted by Gasteiger charge is -2.20. The summed E-state index contributed by atoms with van der Waals surface area (Å²) in [6.07, 6.45) is 2.10. The van der Waals surface area contributed by atoms with E-state index in [4.69, 9.17) is 4.74 Å². The molecule has 1 aliphatic rings. The molecule has 1 aliphatic heterocycles. The number of phenols is 1. The standard InChI is InChI=1S/C21H25N3O6/c1-4-24-14-10-17(27)18-13(19(14)22-23-24)6-5-7-15(25)20(28)16(26)9-8-11(2)12(3)30-21(18)29/h5-6,8-12,15,20,25,27-28H,4,7H2,1-3H3/b6-5+,9-8-/t11-,12+,15+,20+/m1/s1. The van der Waals surface area contributed by atoms with Gasteiger partial charge in [-0.2, -0.15) is 0 Å². The Morgan fingerprint density at radius 1 is 1.23 bits per heavy atom. The highest BCUT2D eigenvalue weighted by Crippen LogP contribution is 2.32. The van der Waals surface area contributed by atoms with Crippen LogP contribution in [0.1, 0.15) is 43.1 Å². The molecule has 1 aromatic heterocycles. The third-order valence-corrected chi connectivity index (χ3v) is 5.25. The first-order valence-electron chi connectivity index (χ1n) is 9.79. The Labute approximate surface area is 173 Å². The van der Waals surface area contributed by atoms with Gasteiger partial charge >= 0.3 is 5.97 Å². The van der Waals surface area contributed by atoms with E-state index in [1.165, 1.54) is 30.4 Å². The maximum absolute atomic E-state index is 12.9. The van der Waals surface area contributed by atoms with Crippen LogP contribution in [0.3, 0.4) is 0 Å². The number of aromatic nitrogens is 3. The quantitative estimate of drug-likeness (QED) is 0.598. The van der Waals surface area contributed by atoms with Crippen LogP contribution >= 0.6 is 0 Å². The molecule has 0 saturated carbocycles. The lowest BCUT2D eigenvalue weighted by atomic mass is 9.99. The van der Waals surface area contributed by atoms with E-state index >= 15 is 0 Å². The average molecular weight is 415 g/mol. The summed E-state index contributed by atoms with van der Waals surface area (Å²) in [4.78, 5) is 25.0. The highest BCUT2D eigenvalue weighted by atomic mass is 16.5. The van der Waals surface area contributed by atoms with Gasteiger partial charge in [0, 0.05) is 24.1 Å². The third kappa shape index (κ3) is 4.12. The molecule has 4 atom stereocenters. The van der Waals surface area contributed by atoms with E-state index in [0.717, 1.165) is 0 Å². The zero-order valence-electron chi connectivity index (χ0n) is 17.0. The second-order valence-corrected chi connectivity index (χ2v) is 7.34. The number of rotatable bonds is 1. The van der Waals surface area contributed by atoms with Gasteiger partial charge in [-0.05, 0) is 26.3 Å². The van der Waals surface area contributed by atoms with Crippen LogP contribution in [0.15, 0.2) is 24.3 Å². The van der Waals surface area contributed by atoms with Crippen molar-refractivity contribution < 1.29 is 29.6 Å². The molecule has 2 heterocycles. The molecule has 9 nitrogen and oxygen atoms in total. The number of aliphatic hydroxyl groups excluding tert-OH is 2. The fourth-order valence-electron chi connectivity index (χ4n) is 3.20. The molecule has 0 unspecified atom stereocenters. The minimum absolute atomic E-state index is 0.0553. The minimum Gasteiger partial charge on any atom is -0.507 e. The van der Waals surface area contributed by atoms with Crippen LogP contribution in [0.25, 0.3) is 17.1 Å². The summed E-state index contributed by atoms with van der Waals surface area (Å²) in [6.45, 7) is 5.78. The van der Waals surface area contributed by atoms with E-state index in [2.05, 4.69) is 10.3 Å². The molecular formula is C21H25N3O6. The van der Waals surface area contributed by atoms with Crippen molar-refractivity contribution in [2.24, 2.45) is 5.92 Å². The van der Waals surface area contributed by atoms with Crippen molar-refractivity contribution in [1.82, 2.24) is 15.0 Å². The lowest BCUT2D eigenvalue weighted by Crippen LogP contribution is -2.32. The number of aromatic hydroxyl groups is 1. The van der Waals surface area contributed by atoms with E-state index < -0.39 is 30.1 Å². The van der Waals surface area contributed by atoms with E-state index in [9.17, 15) is 24.9 Å². The summed E-state index contributed by atoms with van der Waals surface area (Å²) in [5, 5.41) is 39.0. The summed E-state index contributed by atoms with van der Waals surface area (Å²) in [6, 6.07) is 1.42. The largest absolute Gasteiger partial charge is 0.507 e. The van der Waals surface area contributed by atoms with Gasteiger partial charge in [0.15, 0.2) is 5.78 Å². The second kappa shape index (κ2) is 8.76. The number of aliphatic hydroxyl groups is 2. The third-order valence-electron chi connectivity index (χ3n) is 5.25. The number of cyclic esters (lactones) is 1. The highest BCUT2D eigenvalue weighted by Gasteiger charge is 2.27. The van der Waals surface area contributed by atoms with Crippen LogP contribution in [0.5, 0.6) is 5.75 Å². The summed E-state index contributed by atoms with van der Waals surface area (Å²) >= 11 is 0. The topological polar surface area (TPSA) is 135 Å². The normalized spacial score (nSPS) is 27.9. The van der Waals surface area contributed by atoms with Gasteiger partial charge in [-0.25, -0.2) is 9.48 Å². The number of esters is 1. The predicted molar refractivity (Wildman–Crippen MR) is 109 cm³/mol. The van der Waals surface area contributed by atoms with Crippen molar-refractivity contribution >= 4 is 28.9 Å². The minimum atomic E-state index is -1.58. The highest BCUT2D eigenvalue weighted by molar-refractivity contribution is 6.03. The molecule has 0 amide bonds. The first-order valence-corrected chi connectivity index (χ1v) is 9.79. The Morgan fingerprint density at radius 2 is 1.97 bits per heavy atom. The van der Waals surface area contributed by atoms with Crippen molar-refractivity contribution in [2.75, 3.05) is 0 Å². The number of fused-ring (bicyclic) bond motifs is 3. The van der Waals surface area contributed by atoms with E-state index in [0.29, 0.717) is 17.6 Å². The zero-order valence-corrected chi connectivity index (χ0v) is 17.0. The van der Waals surface area contributed by atoms with Crippen LogP contribution < -0.4 is 0 Å². The van der Waals surface area contributed by atoms with Crippen LogP contribution in [0, 0.1) is 5.92 Å². The number of carbonyl (C=O) groups is 2. The van der Waals surface area contributed by atoms with Crippen molar-refractivity contribution in [3.05, 3.63) is 35.4 Å². The molecule has 0 saturated heterocycles. The van der Waals surface area contributed by atoms with Gasteiger partial charge in [-0.1, -0.05) is 30.4 Å². The molecular weight excluding hydrogens is 390 g/mol. The number of carbonyl (C=O) groups excluding carboxylic acids is 2. The SMILES string of the molecule is CCn1nnc2c3c(c(O)cc21)C(=O)O[C@@H](C)[C@H](C)/C=C\C(=O)[C@@H](O)[C@@H](O)C/C=C/3. The monoisotopic (exact) mass is 415 g/mol. The van der Waals surface area contributed by atoms with Gasteiger partial charge in [0.05, 0.1) is 11.6 Å². The number of phenolic OH excluding ortho intramolecular Hbond substituents is 1. The molecule has 0 radical (unpaired) electrons. The van der Waals surface area contributed by atoms with Gasteiger partial charge < -0.3 is 20.1 Å². The molecule has 0 fully saturated rings. The van der Waals surface area contributed by atoms with Gasteiger partial charge in [0.25, 0.3) is 0 Å². The van der Waals surface area contributed by atoms with E-state index in [1.807, 2.05) is 6.92 Å². The van der Waals surface area contributed by atoms with E-state index in [1.54, 1.807) is 18.5 Å². The van der Waals surface area contributed by atoms with Gasteiger partial charge in [-0.3, -0.25) is 4.79 Å². The Kier molecular flexibility index (Phi) is 6.33. The maximum atomic E-state index is 12.9. The van der Waals surface area contributed by atoms with Crippen LogP contribution in [-0.2, 0) is 16.1 Å². The fourth-order valence-corrected chi connectivity index (χ4v) is 3.20. The molecule has 9 heteroatoms. The molecule has 0 aliphatic carbocycles. The summed E-state index contributed by atoms with van der Waals surface area (Å²) in [5.41, 5.74) is 1.15. The summed E-state index contributed by atoms with van der Waals surface area (Å²) in [7, 11) is 0. The van der Waals surface area contributed by atoms with Crippen LogP contribution in [-0.4, -0.2) is 60.4 Å². The molecule has 0 bridgehead atoms. The number of nitrogens with zero attached hydrogens (tertiary/aromatic N) is 3. The molecule has 3 N–H and O–H groups in total. The number of benzene rings is 1. The number of ether oxygens (including phenoxy) is 1. The predicted octanol–water partition coefficient (Wildman–Crippen LogP) is 1.60. The second-order valence-electron chi connectivity index (χ2n) is 7.34. The maximum Gasteiger partial charge on any atom is 0.342 e. The van der Waals surface area contributed by atoms with Gasteiger partial charge in [0.1, 0.15) is 29.0 Å². The fraction of sp³-hybridized carbons (Fsp3) is 0.429. The zero-order chi connectivity index (χ0) is 22.0. The Balaban J connectivity index is 2.16. The molecule has 1 aromatic carbocycles. The van der Waals surface area contributed by atoms with Crippen molar-refractivity contribution in [2.45, 2.75) is 52.0 Å². The number of ketones is 1. The van der Waals surface area contributed by atoms with Gasteiger partial charge in [0.2, 0.25) is 0 Å². The van der Waals surface area contributed by atoms with Crippen molar-refractivity contribution in [3.8, 4) is 5.75 Å². The van der Waals surface area contributed by atoms with Crippen LogP contribution in [0.4, 0.5) is 0 Å². The summed E-state index contributed by atoms with van der Waals surface area (Å²) < 4.78 is 7.09. The Bertz CT molecular complexity index is 1030. The Hall–Kier alpha value is -3.04. The molecule has 160 valence electrons.